The predicted molar refractivity (Wildman–Crippen MR) is 100 cm³/mol. The van der Waals surface area contributed by atoms with E-state index in [1.807, 2.05) is 43.3 Å². The van der Waals surface area contributed by atoms with Crippen molar-refractivity contribution in [1.29, 1.82) is 0 Å². The number of benzene rings is 1. The van der Waals surface area contributed by atoms with Crippen LogP contribution in [-0.4, -0.2) is 53.8 Å². The Morgan fingerprint density at radius 2 is 1.69 bits per heavy atom. The summed E-state index contributed by atoms with van der Waals surface area (Å²) in [5.74, 6) is 0.615. The van der Waals surface area contributed by atoms with Gasteiger partial charge in [0.15, 0.2) is 0 Å². The summed E-state index contributed by atoms with van der Waals surface area (Å²) < 4.78 is 5.41. The van der Waals surface area contributed by atoms with Gasteiger partial charge in [0.2, 0.25) is 5.91 Å². The van der Waals surface area contributed by atoms with Crippen LogP contribution >= 0.6 is 0 Å². The van der Waals surface area contributed by atoms with Gasteiger partial charge in [-0.3, -0.25) is 4.79 Å². The van der Waals surface area contributed by atoms with Crippen LogP contribution in [0.5, 0.6) is 0 Å². The van der Waals surface area contributed by atoms with E-state index in [0.29, 0.717) is 19.6 Å². The van der Waals surface area contributed by atoms with Crippen molar-refractivity contribution in [2.45, 2.75) is 26.4 Å². The molecule has 0 bridgehead atoms. The van der Waals surface area contributed by atoms with Gasteiger partial charge in [0.05, 0.1) is 12.8 Å². The van der Waals surface area contributed by atoms with Crippen LogP contribution in [0.4, 0.5) is 4.79 Å². The number of urea groups is 1. The summed E-state index contributed by atoms with van der Waals surface area (Å²) in [6.07, 6.45) is 2.39. The molecular weight excluding hydrogens is 330 g/mol. The fourth-order valence-corrected chi connectivity index (χ4v) is 2.69. The number of carbonyl (C=O) groups is 2. The highest BCUT2D eigenvalue weighted by molar-refractivity contribution is 5.84. The lowest BCUT2D eigenvalue weighted by atomic mass is 10.2. The maximum atomic E-state index is 13.0. The van der Waals surface area contributed by atoms with Crippen LogP contribution in [0.25, 0.3) is 0 Å². The lowest BCUT2D eigenvalue weighted by Gasteiger charge is -2.29. The molecule has 1 heterocycles. The Balaban J connectivity index is 2.13. The van der Waals surface area contributed by atoms with E-state index in [4.69, 9.17) is 4.42 Å². The molecular formula is C20H27N3O3. The van der Waals surface area contributed by atoms with E-state index in [1.165, 1.54) is 4.90 Å². The first-order valence-electron chi connectivity index (χ1n) is 8.81. The van der Waals surface area contributed by atoms with Gasteiger partial charge in [0, 0.05) is 27.2 Å². The Labute approximate surface area is 155 Å². The van der Waals surface area contributed by atoms with E-state index in [0.717, 1.165) is 17.7 Å². The second kappa shape index (κ2) is 9.65. The monoisotopic (exact) mass is 357 g/mol. The number of furan rings is 1. The first kappa shape index (κ1) is 19.6. The average molecular weight is 357 g/mol. The molecule has 0 aliphatic heterocycles. The predicted octanol–water partition coefficient (Wildman–Crippen LogP) is 3.20. The molecule has 0 N–H and O–H groups in total. The minimum atomic E-state index is -0.155. The molecule has 2 aromatic rings. The summed E-state index contributed by atoms with van der Waals surface area (Å²) >= 11 is 0. The zero-order valence-electron chi connectivity index (χ0n) is 15.7. The maximum absolute atomic E-state index is 13.0. The number of rotatable bonds is 8. The summed E-state index contributed by atoms with van der Waals surface area (Å²) in [5.41, 5.74) is 1.04. The van der Waals surface area contributed by atoms with Gasteiger partial charge < -0.3 is 19.1 Å². The van der Waals surface area contributed by atoms with Crippen molar-refractivity contribution in [2.24, 2.45) is 0 Å². The Bertz CT molecular complexity index is 684. The standard InChI is InChI=1S/C20H27N3O3/c1-4-12-22(20(25)21(2)3)16-19(24)23(15-18-11-8-13-26-18)14-17-9-6-5-7-10-17/h5-11,13H,4,12,14-16H2,1-3H3. The van der Waals surface area contributed by atoms with E-state index in [-0.39, 0.29) is 18.5 Å². The fourth-order valence-electron chi connectivity index (χ4n) is 2.69. The van der Waals surface area contributed by atoms with Crippen molar-refractivity contribution in [2.75, 3.05) is 27.2 Å². The van der Waals surface area contributed by atoms with Gasteiger partial charge in [-0.25, -0.2) is 4.79 Å². The third-order valence-corrected chi connectivity index (χ3v) is 3.97. The van der Waals surface area contributed by atoms with Crippen LogP contribution in [0.15, 0.2) is 53.1 Å². The third-order valence-electron chi connectivity index (χ3n) is 3.97. The largest absolute Gasteiger partial charge is 0.467 e. The molecule has 0 saturated carbocycles. The maximum Gasteiger partial charge on any atom is 0.319 e. The summed E-state index contributed by atoms with van der Waals surface area (Å²) in [6, 6.07) is 13.3. The minimum absolute atomic E-state index is 0.0540. The lowest BCUT2D eigenvalue weighted by molar-refractivity contribution is -0.133. The zero-order valence-corrected chi connectivity index (χ0v) is 15.7. The molecule has 26 heavy (non-hydrogen) atoms. The summed E-state index contributed by atoms with van der Waals surface area (Å²) in [5, 5.41) is 0. The Kier molecular flexibility index (Phi) is 7.26. The number of hydrogen-bond acceptors (Lipinski definition) is 3. The molecule has 1 aromatic heterocycles. The van der Waals surface area contributed by atoms with Crippen molar-refractivity contribution in [3.8, 4) is 0 Å². The van der Waals surface area contributed by atoms with Crippen molar-refractivity contribution in [3.05, 3.63) is 60.1 Å². The summed E-state index contributed by atoms with van der Waals surface area (Å²) in [6.45, 7) is 3.43. The fraction of sp³-hybridized carbons (Fsp3) is 0.400. The molecule has 3 amide bonds. The van der Waals surface area contributed by atoms with E-state index in [1.54, 1.807) is 36.2 Å². The molecule has 0 spiro atoms. The van der Waals surface area contributed by atoms with Gasteiger partial charge in [-0.15, -0.1) is 0 Å². The highest BCUT2D eigenvalue weighted by Gasteiger charge is 2.22. The molecule has 2 rings (SSSR count). The molecule has 140 valence electrons. The van der Waals surface area contributed by atoms with Crippen LogP contribution < -0.4 is 0 Å². The van der Waals surface area contributed by atoms with E-state index < -0.39 is 0 Å². The molecule has 0 atom stereocenters. The van der Waals surface area contributed by atoms with Crippen LogP contribution in [-0.2, 0) is 17.9 Å². The van der Waals surface area contributed by atoms with E-state index >= 15 is 0 Å². The third kappa shape index (κ3) is 5.65. The van der Waals surface area contributed by atoms with Crippen molar-refractivity contribution in [1.82, 2.24) is 14.7 Å². The van der Waals surface area contributed by atoms with Gasteiger partial charge in [-0.1, -0.05) is 37.3 Å². The first-order chi connectivity index (χ1) is 12.5. The Morgan fingerprint density at radius 3 is 2.27 bits per heavy atom. The number of amides is 3. The molecule has 0 aliphatic rings. The van der Waals surface area contributed by atoms with Gasteiger partial charge in [-0.2, -0.15) is 0 Å². The zero-order chi connectivity index (χ0) is 18.9. The SMILES string of the molecule is CCCN(CC(=O)N(Cc1ccccc1)Cc1ccco1)C(=O)N(C)C. The molecule has 0 radical (unpaired) electrons. The second-order valence-corrected chi connectivity index (χ2v) is 6.41. The number of carbonyl (C=O) groups excluding carboxylic acids is 2. The molecule has 0 fully saturated rings. The molecule has 0 unspecified atom stereocenters. The van der Waals surface area contributed by atoms with Crippen molar-refractivity contribution in [3.63, 3.8) is 0 Å². The van der Waals surface area contributed by atoms with E-state index in [2.05, 4.69) is 0 Å². The van der Waals surface area contributed by atoms with Crippen LogP contribution in [0, 0.1) is 0 Å². The highest BCUT2D eigenvalue weighted by atomic mass is 16.3. The molecule has 0 saturated heterocycles. The summed E-state index contributed by atoms with van der Waals surface area (Å²) in [4.78, 5) is 30.1. The Hall–Kier alpha value is -2.76. The topological polar surface area (TPSA) is 57.0 Å². The lowest BCUT2D eigenvalue weighted by Crippen LogP contribution is -2.46. The average Bonchev–Trinajstić information content (AvgIpc) is 3.14. The van der Waals surface area contributed by atoms with Crippen molar-refractivity contribution >= 4 is 11.9 Å². The van der Waals surface area contributed by atoms with Gasteiger partial charge in [0.1, 0.15) is 12.3 Å². The molecule has 6 nitrogen and oxygen atoms in total. The van der Waals surface area contributed by atoms with Crippen molar-refractivity contribution < 1.29 is 14.0 Å². The number of hydrogen-bond donors (Lipinski definition) is 0. The van der Waals surface area contributed by atoms with Gasteiger partial charge in [0.25, 0.3) is 0 Å². The quantitative estimate of drug-likeness (QED) is 0.729. The minimum Gasteiger partial charge on any atom is -0.467 e. The first-order valence-corrected chi connectivity index (χ1v) is 8.81. The number of nitrogens with zero attached hydrogens (tertiary/aromatic N) is 3. The highest BCUT2D eigenvalue weighted by Crippen LogP contribution is 2.12. The molecule has 6 heteroatoms. The van der Waals surface area contributed by atoms with Crippen LogP contribution in [0.1, 0.15) is 24.7 Å². The summed E-state index contributed by atoms with van der Waals surface area (Å²) in [7, 11) is 3.39. The Morgan fingerprint density at radius 1 is 0.962 bits per heavy atom. The molecule has 0 aliphatic carbocycles. The van der Waals surface area contributed by atoms with Crippen LogP contribution in [0.2, 0.25) is 0 Å². The van der Waals surface area contributed by atoms with Gasteiger partial charge in [-0.05, 0) is 24.1 Å². The normalized spacial score (nSPS) is 10.4. The van der Waals surface area contributed by atoms with E-state index in [9.17, 15) is 9.59 Å². The smallest absolute Gasteiger partial charge is 0.319 e. The second-order valence-electron chi connectivity index (χ2n) is 6.41. The van der Waals surface area contributed by atoms with Gasteiger partial charge >= 0.3 is 6.03 Å². The molecule has 1 aromatic carbocycles. The van der Waals surface area contributed by atoms with Crippen LogP contribution in [0.3, 0.4) is 0 Å².